The number of amides is 1. The van der Waals surface area contributed by atoms with Gasteiger partial charge in [0.05, 0.1) is 6.54 Å². The molecule has 0 spiro atoms. The number of hydrogen-bond donors (Lipinski definition) is 1. The Bertz CT molecular complexity index is 287. The second kappa shape index (κ2) is 6.02. The first-order valence-electron chi connectivity index (χ1n) is 7.30. The molecule has 1 saturated heterocycles. The van der Waals surface area contributed by atoms with Crippen molar-refractivity contribution in [2.45, 2.75) is 51.1 Å². The van der Waals surface area contributed by atoms with Crippen molar-refractivity contribution in [3.8, 4) is 0 Å². The van der Waals surface area contributed by atoms with Crippen molar-refractivity contribution in [2.24, 2.45) is 11.7 Å². The normalized spacial score (nSPS) is 33.6. The number of carbonyl (C=O) groups is 1. The molecule has 2 N–H and O–H groups in total. The lowest BCUT2D eigenvalue weighted by molar-refractivity contribution is -0.133. The third-order valence-corrected chi connectivity index (χ3v) is 4.59. The monoisotopic (exact) mass is 253 g/mol. The van der Waals surface area contributed by atoms with E-state index in [1.165, 1.54) is 25.7 Å². The molecule has 0 bridgehead atoms. The van der Waals surface area contributed by atoms with Crippen molar-refractivity contribution in [2.75, 3.05) is 26.7 Å². The molecule has 1 amide bonds. The van der Waals surface area contributed by atoms with E-state index in [0.29, 0.717) is 12.6 Å². The van der Waals surface area contributed by atoms with E-state index in [1.807, 2.05) is 11.9 Å². The summed E-state index contributed by atoms with van der Waals surface area (Å²) in [5.74, 6) is 1.10. The van der Waals surface area contributed by atoms with Gasteiger partial charge in [0.25, 0.3) is 0 Å². The zero-order valence-corrected chi connectivity index (χ0v) is 11.8. The Balaban J connectivity index is 1.77. The Morgan fingerprint density at radius 2 is 1.94 bits per heavy atom. The summed E-state index contributed by atoms with van der Waals surface area (Å²) in [7, 11) is 1.97. The van der Waals surface area contributed by atoms with Gasteiger partial charge in [-0.3, -0.25) is 9.69 Å². The molecule has 104 valence electrons. The maximum Gasteiger partial charge on any atom is 0.236 e. The van der Waals surface area contributed by atoms with Gasteiger partial charge in [0.1, 0.15) is 0 Å². The van der Waals surface area contributed by atoms with E-state index in [2.05, 4.69) is 11.8 Å². The van der Waals surface area contributed by atoms with E-state index in [9.17, 15) is 4.79 Å². The lowest BCUT2D eigenvalue weighted by Gasteiger charge is -2.34. The number of hydrogen-bond acceptors (Lipinski definition) is 3. The van der Waals surface area contributed by atoms with Crippen LogP contribution in [-0.4, -0.2) is 54.5 Å². The molecule has 1 unspecified atom stereocenters. The van der Waals surface area contributed by atoms with Gasteiger partial charge < -0.3 is 10.6 Å². The number of likely N-dealkylation sites (N-methyl/N-ethyl adjacent to an activating group) is 1. The maximum absolute atomic E-state index is 12.2. The summed E-state index contributed by atoms with van der Waals surface area (Å²) in [5.41, 5.74) is 5.87. The van der Waals surface area contributed by atoms with Crippen molar-refractivity contribution in [3.05, 3.63) is 0 Å². The molecule has 4 nitrogen and oxygen atoms in total. The van der Waals surface area contributed by atoms with Gasteiger partial charge in [0.15, 0.2) is 0 Å². The van der Waals surface area contributed by atoms with E-state index < -0.39 is 0 Å². The van der Waals surface area contributed by atoms with Gasteiger partial charge in [-0.05, 0) is 38.0 Å². The van der Waals surface area contributed by atoms with Gasteiger partial charge in [0.2, 0.25) is 5.91 Å². The molecule has 1 heterocycles. The summed E-state index contributed by atoms with van der Waals surface area (Å²) in [4.78, 5) is 16.4. The second-order valence-electron chi connectivity index (χ2n) is 6.20. The van der Waals surface area contributed by atoms with E-state index in [4.69, 9.17) is 5.73 Å². The Morgan fingerprint density at radius 3 is 2.50 bits per heavy atom. The van der Waals surface area contributed by atoms with Crippen molar-refractivity contribution in [1.82, 2.24) is 9.80 Å². The molecule has 2 fully saturated rings. The molecule has 1 saturated carbocycles. The van der Waals surface area contributed by atoms with Crippen LogP contribution in [0, 0.1) is 5.92 Å². The van der Waals surface area contributed by atoms with Crippen LogP contribution >= 0.6 is 0 Å². The molecule has 2 rings (SSSR count). The summed E-state index contributed by atoms with van der Waals surface area (Å²) in [6.07, 6.45) is 5.89. The Morgan fingerprint density at radius 1 is 1.28 bits per heavy atom. The summed E-state index contributed by atoms with van der Waals surface area (Å²) < 4.78 is 0. The molecule has 18 heavy (non-hydrogen) atoms. The van der Waals surface area contributed by atoms with Crippen LogP contribution in [0.25, 0.3) is 0 Å². The Kier molecular flexibility index (Phi) is 4.62. The molecule has 1 atom stereocenters. The van der Waals surface area contributed by atoms with Crippen LogP contribution in [0.3, 0.4) is 0 Å². The second-order valence-corrected chi connectivity index (χ2v) is 6.20. The lowest BCUT2D eigenvalue weighted by Crippen LogP contribution is -2.44. The molecule has 1 aliphatic carbocycles. The zero-order valence-electron chi connectivity index (χ0n) is 11.8. The third-order valence-electron chi connectivity index (χ3n) is 4.59. The van der Waals surface area contributed by atoms with Crippen LogP contribution in [0.2, 0.25) is 0 Å². The summed E-state index contributed by atoms with van der Waals surface area (Å²) in [5, 5.41) is 0. The fourth-order valence-electron chi connectivity index (χ4n) is 3.14. The molecule has 0 aromatic rings. The van der Waals surface area contributed by atoms with Gasteiger partial charge in [0, 0.05) is 32.2 Å². The highest BCUT2D eigenvalue weighted by molar-refractivity contribution is 5.78. The Labute approximate surface area is 110 Å². The van der Waals surface area contributed by atoms with Crippen molar-refractivity contribution < 1.29 is 4.79 Å². The molecule has 0 aromatic heterocycles. The highest BCUT2D eigenvalue weighted by atomic mass is 16.2. The van der Waals surface area contributed by atoms with Gasteiger partial charge in [-0.25, -0.2) is 0 Å². The Hall–Kier alpha value is -0.610. The van der Waals surface area contributed by atoms with Gasteiger partial charge >= 0.3 is 0 Å². The molecule has 0 aromatic carbocycles. The van der Waals surface area contributed by atoms with Crippen LogP contribution in [-0.2, 0) is 4.79 Å². The number of likely N-dealkylation sites (tertiary alicyclic amines) is 1. The highest BCUT2D eigenvalue weighted by Gasteiger charge is 2.27. The first kappa shape index (κ1) is 13.8. The van der Waals surface area contributed by atoms with Crippen LogP contribution in [0.5, 0.6) is 0 Å². The standard InChI is InChI=1S/C14H27N3O/c1-11-3-5-13(6-4-11)16(2)14(18)10-17-8-7-12(15)9-17/h11-13H,3-10,15H2,1-2H3. The van der Waals surface area contributed by atoms with Crippen molar-refractivity contribution in [1.29, 1.82) is 0 Å². The summed E-state index contributed by atoms with van der Waals surface area (Å²) in [6.45, 7) is 4.71. The van der Waals surface area contributed by atoms with E-state index in [-0.39, 0.29) is 11.9 Å². The van der Waals surface area contributed by atoms with Gasteiger partial charge in [-0.1, -0.05) is 6.92 Å². The van der Waals surface area contributed by atoms with Gasteiger partial charge in [-0.15, -0.1) is 0 Å². The number of rotatable bonds is 3. The third kappa shape index (κ3) is 3.45. The topological polar surface area (TPSA) is 49.6 Å². The number of carbonyl (C=O) groups excluding carboxylic acids is 1. The van der Waals surface area contributed by atoms with E-state index >= 15 is 0 Å². The van der Waals surface area contributed by atoms with Crippen molar-refractivity contribution in [3.63, 3.8) is 0 Å². The van der Waals surface area contributed by atoms with E-state index in [1.54, 1.807) is 0 Å². The minimum Gasteiger partial charge on any atom is -0.342 e. The van der Waals surface area contributed by atoms with Crippen molar-refractivity contribution >= 4 is 5.91 Å². The predicted octanol–water partition coefficient (Wildman–Crippen LogP) is 1.06. The minimum atomic E-state index is 0.263. The average molecular weight is 253 g/mol. The molecular formula is C14H27N3O. The zero-order chi connectivity index (χ0) is 13.1. The van der Waals surface area contributed by atoms with Crippen LogP contribution in [0.4, 0.5) is 0 Å². The minimum absolute atomic E-state index is 0.263. The fourth-order valence-corrected chi connectivity index (χ4v) is 3.14. The fraction of sp³-hybridized carbons (Fsp3) is 0.929. The first-order chi connectivity index (χ1) is 8.56. The van der Waals surface area contributed by atoms with Gasteiger partial charge in [-0.2, -0.15) is 0 Å². The lowest BCUT2D eigenvalue weighted by atomic mass is 9.87. The molecule has 4 heteroatoms. The average Bonchev–Trinajstić information content (AvgIpc) is 2.75. The predicted molar refractivity (Wildman–Crippen MR) is 73.2 cm³/mol. The highest BCUT2D eigenvalue weighted by Crippen LogP contribution is 2.26. The first-order valence-corrected chi connectivity index (χ1v) is 7.30. The smallest absolute Gasteiger partial charge is 0.236 e. The molecule has 0 radical (unpaired) electrons. The van der Waals surface area contributed by atoms with E-state index in [0.717, 1.165) is 25.4 Å². The molecule has 1 aliphatic heterocycles. The largest absolute Gasteiger partial charge is 0.342 e. The van der Waals surface area contributed by atoms with Crippen LogP contribution < -0.4 is 5.73 Å². The molecular weight excluding hydrogens is 226 g/mol. The SMILES string of the molecule is CC1CCC(N(C)C(=O)CN2CCC(N)C2)CC1. The summed E-state index contributed by atoms with van der Waals surface area (Å²) in [6, 6.07) is 0.726. The maximum atomic E-state index is 12.2. The number of nitrogens with two attached hydrogens (primary N) is 1. The van der Waals surface area contributed by atoms with Crippen LogP contribution in [0.1, 0.15) is 39.0 Å². The quantitative estimate of drug-likeness (QED) is 0.818. The summed E-state index contributed by atoms with van der Waals surface area (Å²) >= 11 is 0. The van der Waals surface area contributed by atoms with Crippen LogP contribution in [0.15, 0.2) is 0 Å². The number of nitrogens with zero attached hydrogens (tertiary/aromatic N) is 2. The molecule has 2 aliphatic rings.